The highest BCUT2D eigenvalue weighted by atomic mass is 79.9. The summed E-state index contributed by atoms with van der Waals surface area (Å²) in [5.41, 5.74) is 4.01. The van der Waals surface area contributed by atoms with Crippen molar-refractivity contribution in [2.75, 3.05) is 11.9 Å². The summed E-state index contributed by atoms with van der Waals surface area (Å²) in [5, 5.41) is 2.74. The number of halogens is 1. The normalized spacial score (nSPS) is 15.9. The van der Waals surface area contributed by atoms with E-state index in [2.05, 4.69) is 26.2 Å². The number of likely N-dealkylation sites (N-methyl/N-ethyl adjacent to an activating group) is 1. The van der Waals surface area contributed by atoms with Crippen LogP contribution in [0.4, 0.5) is 5.69 Å². The Hall–Kier alpha value is -3.51. The molecule has 2 amide bonds. The van der Waals surface area contributed by atoms with Gasteiger partial charge >= 0.3 is 0 Å². The van der Waals surface area contributed by atoms with E-state index in [0.717, 1.165) is 26.9 Å². The number of hydrogen-bond donors (Lipinski definition) is 1. The fraction of sp³-hybridized carbons (Fsp3) is 0.0800. The number of aliphatic imine (C=N–C) groups is 1. The van der Waals surface area contributed by atoms with Crippen LogP contribution in [0.15, 0.2) is 94.4 Å². The van der Waals surface area contributed by atoms with Gasteiger partial charge in [-0.25, -0.2) is 4.99 Å². The Bertz CT molecular complexity index is 1170. The Balaban J connectivity index is 1.66. The Morgan fingerprint density at radius 1 is 1.00 bits per heavy atom. The van der Waals surface area contributed by atoms with Gasteiger partial charge in [-0.1, -0.05) is 76.6 Å². The largest absolute Gasteiger partial charge is 0.323 e. The number of carbonyl (C=O) groups is 2. The quantitative estimate of drug-likeness (QED) is 0.570. The number of nitrogens with zero attached hydrogens (tertiary/aromatic N) is 2. The Labute approximate surface area is 189 Å². The van der Waals surface area contributed by atoms with Gasteiger partial charge in [-0.15, -0.1) is 0 Å². The van der Waals surface area contributed by atoms with E-state index in [9.17, 15) is 9.59 Å². The van der Waals surface area contributed by atoms with E-state index in [4.69, 9.17) is 0 Å². The SMILES string of the molecule is CN1C(=O)[C@H](NC(=O)/C=C/c2ccc(Br)cc2)N=C(c2ccccc2)c2ccccc21. The molecule has 0 spiro atoms. The van der Waals surface area contributed by atoms with Crippen molar-refractivity contribution in [1.29, 1.82) is 0 Å². The van der Waals surface area contributed by atoms with Gasteiger partial charge in [-0.3, -0.25) is 9.59 Å². The lowest BCUT2D eigenvalue weighted by atomic mass is 10.0. The number of fused-ring (bicyclic) bond motifs is 1. The van der Waals surface area contributed by atoms with Crippen molar-refractivity contribution < 1.29 is 9.59 Å². The molecule has 6 heteroatoms. The van der Waals surface area contributed by atoms with Crippen molar-refractivity contribution in [3.8, 4) is 0 Å². The summed E-state index contributed by atoms with van der Waals surface area (Å²) in [6.07, 6.45) is 2.07. The van der Waals surface area contributed by atoms with Gasteiger partial charge in [0, 0.05) is 28.7 Å². The maximum absolute atomic E-state index is 13.1. The highest BCUT2D eigenvalue weighted by molar-refractivity contribution is 9.10. The molecule has 0 saturated carbocycles. The first-order valence-corrected chi connectivity index (χ1v) is 10.6. The van der Waals surface area contributed by atoms with E-state index < -0.39 is 12.1 Å². The molecule has 0 aromatic heterocycles. The molecule has 0 bridgehead atoms. The van der Waals surface area contributed by atoms with Crippen LogP contribution in [0.25, 0.3) is 6.08 Å². The van der Waals surface area contributed by atoms with Crippen LogP contribution in [0.1, 0.15) is 16.7 Å². The van der Waals surface area contributed by atoms with Crippen LogP contribution in [0.5, 0.6) is 0 Å². The van der Waals surface area contributed by atoms with Crippen LogP contribution in [-0.2, 0) is 9.59 Å². The van der Waals surface area contributed by atoms with Gasteiger partial charge in [0.1, 0.15) is 0 Å². The van der Waals surface area contributed by atoms with Crippen molar-refractivity contribution in [3.05, 3.63) is 106 Å². The lowest BCUT2D eigenvalue weighted by molar-refractivity contribution is -0.124. The third-order valence-electron chi connectivity index (χ3n) is 4.97. The number of amides is 2. The van der Waals surface area contributed by atoms with Crippen LogP contribution in [0.3, 0.4) is 0 Å². The standard InChI is InChI=1S/C25H20BrN3O2/c1-29-21-10-6-5-9-20(21)23(18-7-3-2-4-8-18)28-24(25(29)31)27-22(30)16-13-17-11-14-19(26)15-12-17/h2-16,24H,1H3,(H,27,30)/b16-13+/t24-/m1/s1. The summed E-state index contributed by atoms with van der Waals surface area (Å²) in [4.78, 5) is 31.9. The molecule has 3 aromatic rings. The third-order valence-corrected chi connectivity index (χ3v) is 5.50. The molecule has 1 heterocycles. The van der Waals surface area contributed by atoms with Crippen molar-refractivity contribution in [1.82, 2.24) is 5.32 Å². The summed E-state index contributed by atoms with van der Waals surface area (Å²) < 4.78 is 0.962. The Morgan fingerprint density at radius 2 is 1.68 bits per heavy atom. The molecule has 0 radical (unpaired) electrons. The smallest absolute Gasteiger partial charge is 0.272 e. The summed E-state index contributed by atoms with van der Waals surface area (Å²) >= 11 is 3.39. The second-order valence-electron chi connectivity index (χ2n) is 7.05. The molecule has 5 nitrogen and oxygen atoms in total. The van der Waals surface area contributed by atoms with E-state index in [0.29, 0.717) is 5.71 Å². The molecule has 0 aliphatic carbocycles. The predicted molar refractivity (Wildman–Crippen MR) is 127 cm³/mol. The minimum atomic E-state index is -1.03. The third kappa shape index (κ3) is 4.64. The first-order chi connectivity index (χ1) is 15.0. The van der Waals surface area contributed by atoms with Gasteiger partial charge in [0.25, 0.3) is 5.91 Å². The number of nitrogens with one attached hydrogen (secondary N) is 1. The van der Waals surface area contributed by atoms with Crippen molar-refractivity contribution >= 4 is 45.2 Å². The molecule has 3 aromatic carbocycles. The Kier molecular flexibility index (Phi) is 6.09. The van der Waals surface area contributed by atoms with E-state index in [1.165, 1.54) is 11.0 Å². The fourth-order valence-corrected chi connectivity index (χ4v) is 3.64. The maximum atomic E-state index is 13.1. The van der Waals surface area contributed by atoms with Gasteiger partial charge < -0.3 is 10.2 Å². The zero-order valence-corrected chi connectivity index (χ0v) is 18.4. The highest BCUT2D eigenvalue weighted by Crippen LogP contribution is 2.27. The average molecular weight is 474 g/mol. The zero-order valence-electron chi connectivity index (χ0n) is 16.8. The first-order valence-electron chi connectivity index (χ1n) is 9.77. The molecule has 0 fully saturated rings. The molecule has 0 saturated heterocycles. The van der Waals surface area contributed by atoms with Crippen LogP contribution in [-0.4, -0.2) is 30.7 Å². The first kappa shape index (κ1) is 20.8. The van der Waals surface area contributed by atoms with E-state index >= 15 is 0 Å². The lowest BCUT2D eigenvalue weighted by Gasteiger charge is -2.20. The molecule has 4 rings (SSSR count). The maximum Gasteiger partial charge on any atom is 0.272 e. The average Bonchev–Trinajstić information content (AvgIpc) is 2.90. The summed E-state index contributed by atoms with van der Waals surface area (Å²) in [5.74, 6) is -0.694. The van der Waals surface area contributed by atoms with Gasteiger partial charge in [0.05, 0.1) is 11.4 Å². The summed E-state index contributed by atoms with van der Waals surface area (Å²) in [7, 11) is 1.70. The number of hydrogen-bond acceptors (Lipinski definition) is 3. The Morgan fingerprint density at radius 3 is 2.42 bits per heavy atom. The minimum Gasteiger partial charge on any atom is -0.323 e. The van der Waals surface area contributed by atoms with Crippen LogP contribution >= 0.6 is 15.9 Å². The van der Waals surface area contributed by atoms with Crippen LogP contribution in [0.2, 0.25) is 0 Å². The predicted octanol–water partition coefficient (Wildman–Crippen LogP) is 4.42. The number of carbonyl (C=O) groups excluding carboxylic acids is 2. The van der Waals surface area contributed by atoms with Crippen molar-refractivity contribution in [3.63, 3.8) is 0 Å². The van der Waals surface area contributed by atoms with Gasteiger partial charge in [0.15, 0.2) is 0 Å². The molecule has 1 atom stereocenters. The molecule has 1 aliphatic rings. The molecule has 1 aliphatic heterocycles. The van der Waals surface area contributed by atoms with Gasteiger partial charge in [-0.2, -0.15) is 0 Å². The fourth-order valence-electron chi connectivity index (χ4n) is 3.37. The van der Waals surface area contributed by atoms with Crippen molar-refractivity contribution in [2.45, 2.75) is 6.17 Å². The lowest BCUT2D eigenvalue weighted by Crippen LogP contribution is -2.45. The number of para-hydroxylation sites is 1. The molecule has 31 heavy (non-hydrogen) atoms. The van der Waals surface area contributed by atoms with Crippen molar-refractivity contribution in [2.24, 2.45) is 4.99 Å². The van der Waals surface area contributed by atoms with E-state index in [1.54, 1.807) is 13.1 Å². The molecule has 1 N–H and O–H groups in total. The second-order valence-corrected chi connectivity index (χ2v) is 7.97. The monoisotopic (exact) mass is 473 g/mol. The summed E-state index contributed by atoms with van der Waals surface area (Å²) in [6.45, 7) is 0. The molecule has 154 valence electrons. The minimum absolute atomic E-state index is 0.302. The topological polar surface area (TPSA) is 61.8 Å². The number of benzodiazepines with no additional fused rings is 1. The van der Waals surface area contributed by atoms with Crippen LogP contribution < -0.4 is 10.2 Å². The molecule has 0 unspecified atom stereocenters. The second kappa shape index (κ2) is 9.10. The van der Waals surface area contributed by atoms with E-state index in [-0.39, 0.29) is 5.91 Å². The number of rotatable bonds is 4. The highest BCUT2D eigenvalue weighted by Gasteiger charge is 2.30. The zero-order chi connectivity index (χ0) is 21.8. The van der Waals surface area contributed by atoms with Crippen LogP contribution in [0, 0.1) is 0 Å². The van der Waals surface area contributed by atoms with Gasteiger partial charge in [-0.05, 0) is 29.8 Å². The number of benzene rings is 3. The number of anilines is 1. The molecular weight excluding hydrogens is 454 g/mol. The molecular formula is C25H20BrN3O2. The van der Waals surface area contributed by atoms with Gasteiger partial charge in [0.2, 0.25) is 12.1 Å². The summed E-state index contributed by atoms with van der Waals surface area (Å²) in [6, 6.07) is 24.8. The van der Waals surface area contributed by atoms with E-state index in [1.807, 2.05) is 78.9 Å².